The number of hydrogen-bond donors (Lipinski definition) is 0. The van der Waals surface area contributed by atoms with Gasteiger partial charge in [-0.05, 0) is 30.7 Å². The van der Waals surface area contributed by atoms with E-state index in [2.05, 4.69) is 5.10 Å². The van der Waals surface area contributed by atoms with Crippen LogP contribution >= 0.6 is 0 Å². The molecular weight excluding hydrogens is 318 g/mol. The number of aromatic nitrogens is 2. The topological polar surface area (TPSA) is 81.5 Å². The van der Waals surface area contributed by atoms with Gasteiger partial charge in [-0.15, -0.1) is 0 Å². The van der Waals surface area contributed by atoms with Gasteiger partial charge < -0.3 is 9.64 Å². The van der Waals surface area contributed by atoms with E-state index >= 15 is 0 Å². The van der Waals surface area contributed by atoms with Gasteiger partial charge in [-0.3, -0.25) is 9.48 Å². The minimum Gasteiger partial charge on any atom is -0.490 e. The van der Waals surface area contributed by atoms with Gasteiger partial charge in [0.2, 0.25) is 5.91 Å². The average Bonchev–Trinajstić information content (AvgIpc) is 2.90. The number of ether oxygens (including phenoxy) is 1. The molecular formula is C15H17N3O4S. The van der Waals surface area contributed by atoms with Crippen molar-refractivity contribution in [2.24, 2.45) is 0 Å². The lowest BCUT2D eigenvalue weighted by Gasteiger charge is -2.29. The number of aryl methyl sites for hydroxylation is 1. The lowest BCUT2D eigenvalue weighted by atomic mass is 10.2. The molecule has 0 spiro atoms. The molecule has 1 aromatic carbocycles. The summed E-state index contributed by atoms with van der Waals surface area (Å²) in [6.07, 6.45) is 4.60. The Morgan fingerprint density at radius 2 is 2.17 bits per heavy atom. The first kappa shape index (κ1) is 15.5. The highest BCUT2D eigenvalue weighted by molar-refractivity contribution is 7.90. The van der Waals surface area contributed by atoms with E-state index in [0.29, 0.717) is 24.6 Å². The predicted octanol–water partition coefficient (Wildman–Crippen LogP) is 1.02. The van der Waals surface area contributed by atoms with E-state index in [1.165, 1.54) is 12.1 Å². The van der Waals surface area contributed by atoms with Crippen LogP contribution in [0.15, 0.2) is 35.5 Å². The number of nitrogens with zero attached hydrogens (tertiary/aromatic N) is 3. The van der Waals surface area contributed by atoms with Crippen molar-refractivity contribution in [2.75, 3.05) is 24.3 Å². The van der Waals surface area contributed by atoms with Crippen LogP contribution in [-0.4, -0.2) is 43.5 Å². The van der Waals surface area contributed by atoms with Crippen LogP contribution in [0, 0.1) is 6.92 Å². The van der Waals surface area contributed by atoms with Crippen LogP contribution in [0.4, 0.5) is 5.69 Å². The van der Waals surface area contributed by atoms with Gasteiger partial charge in [0.1, 0.15) is 18.9 Å². The fraction of sp³-hybridized carbons (Fsp3) is 0.333. The number of hydrogen-bond acceptors (Lipinski definition) is 5. The Hall–Kier alpha value is -2.35. The lowest BCUT2D eigenvalue weighted by molar-refractivity contribution is -0.119. The van der Waals surface area contributed by atoms with Crippen LogP contribution in [0.3, 0.4) is 0 Å². The standard InChI is InChI=1S/C15H17N3O4S/c1-11-8-16-17(9-11)10-15(19)18-5-6-22-14-4-3-12(7-13(14)18)23(2,20)21/h3-4,7-9H,5-6,10H2,1-2H3. The summed E-state index contributed by atoms with van der Waals surface area (Å²) in [4.78, 5) is 14.3. The van der Waals surface area contributed by atoms with Gasteiger partial charge in [0.25, 0.3) is 0 Å². The lowest BCUT2D eigenvalue weighted by Crippen LogP contribution is -2.40. The third kappa shape index (κ3) is 3.21. The van der Waals surface area contributed by atoms with Crippen molar-refractivity contribution in [3.63, 3.8) is 0 Å². The SMILES string of the molecule is Cc1cnn(CC(=O)N2CCOc3ccc(S(C)(=O)=O)cc32)c1. The molecule has 8 heteroatoms. The largest absolute Gasteiger partial charge is 0.490 e. The molecule has 0 unspecified atom stereocenters. The monoisotopic (exact) mass is 335 g/mol. The minimum absolute atomic E-state index is 0.0936. The second-order valence-corrected chi connectivity index (χ2v) is 7.53. The summed E-state index contributed by atoms with van der Waals surface area (Å²) in [7, 11) is -3.35. The molecule has 3 rings (SSSR count). The summed E-state index contributed by atoms with van der Waals surface area (Å²) < 4.78 is 30.5. The van der Waals surface area contributed by atoms with Gasteiger partial charge in [0.15, 0.2) is 9.84 Å². The molecule has 0 radical (unpaired) electrons. The zero-order chi connectivity index (χ0) is 16.6. The highest BCUT2D eigenvalue weighted by atomic mass is 32.2. The van der Waals surface area contributed by atoms with Crippen LogP contribution in [0.2, 0.25) is 0 Å². The molecule has 2 aromatic rings. The van der Waals surface area contributed by atoms with Crippen molar-refractivity contribution in [3.05, 3.63) is 36.2 Å². The van der Waals surface area contributed by atoms with Gasteiger partial charge in [-0.25, -0.2) is 8.42 Å². The third-order valence-corrected chi connectivity index (χ3v) is 4.69. The van der Waals surface area contributed by atoms with Crippen molar-refractivity contribution in [1.82, 2.24) is 9.78 Å². The van der Waals surface area contributed by atoms with E-state index in [-0.39, 0.29) is 17.3 Å². The third-order valence-electron chi connectivity index (χ3n) is 3.58. The molecule has 1 aliphatic rings. The maximum absolute atomic E-state index is 12.6. The first-order valence-corrected chi connectivity index (χ1v) is 9.00. The second-order valence-electron chi connectivity index (χ2n) is 5.51. The number of fused-ring (bicyclic) bond motifs is 1. The summed E-state index contributed by atoms with van der Waals surface area (Å²) in [5, 5.41) is 4.11. The Balaban J connectivity index is 1.92. The van der Waals surface area contributed by atoms with E-state index in [1.807, 2.05) is 6.92 Å². The molecule has 23 heavy (non-hydrogen) atoms. The molecule has 7 nitrogen and oxygen atoms in total. The Kier molecular flexibility index (Phi) is 3.85. The van der Waals surface area contributed by atoms with Crippen molar-refractivity contribution < 1.29 is 17.9 Å². The number of amides is 1. The normalized spacial score (nSPS) is 14.3. The Morgan fingerprint density at radius 1 is 1.39 bits per heavy atom. The number of rotatable bonds is 3. The van der Waals surface area contributed by atoms with E-state index < -0.39 is 9.84 Å². The fourth-order valence-electron chi connectivity index (χ4n) is 2.46. The average molecular weight is 335 g/mol. The number of anilines is 1. The Bertz CT molecular complexity index is 857. The number of benzene rings is 1. The molecule has 0 saturated carbocycles. The second kappa shape index (κ2) is 5.69. The van der Waals surface area contributed by atoms with Crippen molar-refractivity contribution in [2.45, 2.75) is 18.4 Å². The number of carbonyl (C=O) groups is 1. The summed E-state index contributed by atoms with van der Waals surface area (Å²) >= 11 is 0. The molecule has 1 aromatic heterocycles. The van der Waals surface area contributed by atoms with Gasteiger partial charge in [-0.1, -0.05) is 0 Å². The smallest absolute Gasteiger partial charge is 0.248 e. The fourth-order valence-corrected chi connectivity index (χ4v) is 3.11. The zero-order valence-corrected chi connectivity index (χ0v) is 13.7. The van der Waals surface area contributed by atoms with E-state index in [4.69, 9.17) is 4.74 Å². The Labute approximate surface area is 134 Å². The molecule has 1 amide bonds. The van der Waals surface area contributed by atoms with Crippen molar-refractivity contribution in [3.8, 4) is 5.75 Å². The molecule has 1 aliphatic heterocycles. The van der Waals surface area contributed by atoms with Crippen LogP contribution in [-0.2, 0) is 21.2 Å². The van der Waals surface area contributed by atoms with E-state index in [9.17, 15) is 13.2 Å². The predicted molar refractivity (Wildman–Crippen MR) is 84.4 cm³/mol. The first-order chi connectivity index (χ1) is 10.8. The van der Waals surface area contributed by atoms with Gasteiger partial charge in [0, 0.05) is 12.5 Å². The molecule has 0 atom stereocenters. The minimum atomic E-state index is -3.35. The van der Waals surface area contributed by atoms with Crippen molar-refractivity contribution in [1.29, 1.82) is 0 Å². The number of carbonyl (C=O) groups excluding carboxylic acids is 1. The van der Waals surface area contributed by atoms with Gasteiger partial charge in [0.05, 0.1) is 23.3 Å². The summed E-state index contributed by atoms with van der Waals surface area (Å²) in [6, 6.07) is 4.55. The van der Waals surface area contributed by atoms with Crippen LogP contribution in [0.1, 0.15) is 5.56 Å². The molecule has 0 saturated heterocycles. The maximum Gasteiger partial charge on any atom is 0.248 e. The molecule has 0 aliphatic carbocycles. The summed E-state index contributed by atoms with van der Waals surface area (Å²) in [6.45, 7) is 2.74. The summed E-state index contributed by atoms with van der Waals surface area (Å²) in [5.74, 6) is 0.344. The zero-order valence-electron chi connectivity index (χ0n) is 12.9. The van der Waals surface area contributed by atoms with Crippen molar-refractivity contribution >= 4 is 21.4 Å². The molecule has 0 N–H and O–H groups in total. The quantitative estimate of drug-likeness (QED) is 0.836. The number of sulfone groups is 1. The first-order valence-electron chi connectivity index (χ1n) is 7.11. The summed E-state index contributed by atoms with van der Waals surface area (Å²) in [5.41, 5.74) is 1.45. The molecule has 122 valence electrons. The van der Waals surface area contributed by atoms with Crippen LogP contribution < -0.4 is 9.64 Å². The molecule has 0 fully saturated rings. The van der Waals surface area contributed by atoms with Crippen LogP contribution in [0.5, 0.6) is 5.75 Å². The van der Waals surface area contributed by atoms with E-state index in [0.717, 1.165) is 11.8 Å². The molecule has 2 heterocycles. The van der Waals surface area contributed by atoms with Crippen LogP contribution in [0.25, 0.3) is 0 Å². The maximum atomic E-state index is 12.6. The highest BCUT2D eigenvalue weighted by Gasteiger charge is 2.25. The Morgan fingerprint density at radius 3 is 2.83 bits per heavy atom. The van der Waals surface area contributed by atoms with Gasteiger partial charge >= 0.3 is 0 Å². The van der Waals surface area contributed by atoms with Gasteiger partial charge in [-0.2, -0.15) is 5.10 Å². The van der Waals surface area contributed by atoms with E-state index in [1.54, 1.807) is 28.0 Å². The molecule has 0 bridgehead atoms. The highest BCUT2D eigenvalue weighted by Crippen LogP contribution is 2.34.